The summed E-state index contributed by atoms with van der Waals surface area (Å²) in [5.41, 5.74) is -0.693. The minimum Gasteiger partial charge on any atom is -0.480 e. The van der Waals surface area contributed by atoms with Gasteiger partial charge in [0.1, 0.15) is 6.54 Å². The number of carboxylic acid groups (broad SMARTS) is 1. The Morgan fingerprint density at radius 2 is 1.90 bits per heavy atom. The minimum atomic E-state index is -4.46. The van der Waals surface area contributed by atoms with E-state index < -0.39 is 30.2 Å². The van der Waals surface area contributed by atoms with Crippen molar-refractivity contribution in [1.82, 2.24) is 10.2 Å². The smallest absolute Gasteiger partial charge is 0.416 e. The summed E-state index contributed by atoms with van der Waals surface area (Å²) in [6.45, 7) is -0.790. The summed E-state index contributed by atoms with van der Waals surface area (Å²) >= 11 is 0. The highest BCUT2D eigenvalue weighted by Crippen LogP contribution is 2.32. The molecule has 0 aliphatic rings. The summed E-state index contributed by atoms with van der Waals surface area (Å²) in [6.07, 6.45) is -4.46. The van der Waals surface area contributed by atoms with Crippen LogP contribution in [-0.4, -0.2) is 42.0 Å². The van der Waals surface area contributed by atoms with Crippen LogP contribution in [0.1, 0.15) is 11.1 Å². The fraction of sp³-hybridized carbons (Fsp3) is 0.385. The van der Waals surface area contributed by atoms with Crippen molar-refractivity contribution in [3.05, 3.63) is 35.4 Å². The van der Waals surface area contributed by atoms with Crippen LogP contribution in [-0.2, 0) is 22.3 Å². The SMILES string of the molecule is CN(CC(=O)NCC(=O)O)Cc1ccccc1C(F)(F)F. The van der Waals surface area contributed by atoms with Gasteiger partial charge in [-0.25, -0.2) is 0 Å². The van der Waals surface area contributed by atoms with Crippen molar-refractivity contribution in [2.24, 2.45) is 0 Å². The van der Waals surface area contributed by atoms with Crippen molar-refractivity contribution in [2.75, 3.05) is 20.1 Å². The number of alkyl halides is 3. The Kier molecular flexibility index (Phi) is 5.71. The lowest BCUT2D eigenvalue weighted by atomic mass is 10.1. The minimum absolute atomic E-state index is 0.0542. The molecule has 8 heteroatoms. The molecule has 0 bridgehead atoms. The van der Waals surface area contributed by atoms with Gasteiger partial charge in [-0.2, -0.15) is 13.2 Å². The zero-order chi connectivity index (χ0) is 16.0. The zero-order valence-electron chi connectivity index (χ0n) is 11.3. The first-order chi connectivity index (χ1) is 9.70. The summed E-state index contributed by atoms with van der Waals surface area (Å²) < 4.78 is 38.4. The number of benzene rings is 1. The molecule has 0 unspecified atom stereocenters. The molecule has 0 aliphatic heterocycles. The number of carbonyl (C=O) groups excluding carboxylic acids is 1. The Labute approximate surface area is 119 Å². The second-order valence-corrected chi connectivity index (χ2v) is 4.50. The molecule has 1 aromatic rings. The van der Waals surface area contributed by atoms with Crippen LogP contribution in [0, 0.1) is 0 Å². The van der Waals surface area contributed by atoms with Crippen LogP contribution < -0.4 is 5.32 Å². The second-order valence-electron chi connectivity index (χ2n) is 4.50. The van der Waals surface area contributed by atoms with Crippen LogP contribution in [0.2, 0.25) is 0 Å². The molecule has 21 heavy (non-hydrogen) atoms. The van der Waals surface area contributed by atoms with E-state index >= 15 is 0 Å². The average molecular weight is 304 g/mol. The fourth-order valence-corrected chi connectivity index (χ4v) is 1.76. The molecule has 5 nitrogen and oxygen atoms in total. The highest BCUT2D eigenvalue weighted by Gasteiger charge is 2.33. The quantitative estimate of drug-likeness (QED) is 0.832. The molecule has 0 heterocycles. The van der Waals surface area contributed by atoms with Gasteiger partial charge < -0.3 is 10.4 Å². The van der Waals surface area contributed by atoms with Gasteiger partial charge in [0.05, 0.1) is 12.1 Å². The number of halogens is 3. The Morgan fingerprint density at radius 1 is 1.29 bits per heavy atom. The van der Waals surface area contributed by atoms with Crippen LogP contribution in [0.3, 0.4) is 0 Å². The van der Waals surface area contributed by atoms with Gasteiger partial charge in [0.15, 0.2) is 0 Å². The molecule has 0 saturated carbocycles. The topological polar surface area (TPSA) is 69.6 Å². The van der Waals surface area contributed by atoms with Crippen LogP contribution in [0.5, 0.6) is 0 Å². The molecule has 0 saturated heterocycles. The van der Waals surface area contributed by atoms with E-state index in [0.717, 1.165) is 6.07 Å². The second kappa shape index (κ2) is 7.07. The summed E-state index contributed by atoms with van der Waals surface area (Å²) in [7, 11) is 1.48. The molecule has 116 valence electrons. The lowest BCUT2D eigenvalue weighted by Gasteiger charge is -2.19. The molecule has 0 radical (unpaired) electrons. The van der Waals surface area contributed by atoms with Gasteiger partial charge in [-0.3, -0.25) is 14.5 Å². The number of nitrogens with zero attached hydrogens (tertiary/aromatic N) is 1. The predicted molar refractivity (Wildman–Crippen MR) is 68.4 cm³/mol. The van der Waals surface area contributed by atoms with Crippen LogP contribution in [0.4, 0.5) is 13.2 Å². The van der Waals surface area contributed by atoms with Crippen molar-refractivity contribution in [3.8, 4) is 0 Å². The summed E-state index contributed by atoms with van der Waals surface area (Å²) in [5, 5.41) is 10.5. The first-order valence-electron chi connectivity index (χ1n) is 6.02. The largest absolute Gasteiger partial charge is 0.480 e. The summed E-state index contributed by atoms with van der Waals surface area (Å²) in [5.74, 6) is -1.75. The maximum absolute atomic E-state index is 12.8. The van der Waals surface area contributed by atoms with E-state index in [1.54, 1.807) is 0 Å². The van der Waals surface area contributed by atoms with Crippen molar-refractivity contribution in [1.29, 1.82) is 0 Å². The third kappa shape index (κ3) is 5.82. The number of aliphatic carboxylic acids is 1. The van der Waals surface area contributed by atoms with Crippen LogP contribution >= 0.6 is 0 Å². The van der Waals surface area contributed by atoms with Gasteiger partial charge in [0, 0.05) is 6.54 Å². The standard InChI is InChI=1S/C13H15F3N2O3/c1-18(8-11(19)17-6-12(20)21)7-9-4-2-3-5-10(9)13(14,15)16/h2-5H,6-8H2,1H3,(H,17,19)(H,20,21). The molecule has 0 atom stereocenters. The van der Waals surface area contributed by atoms with Crippen molar-refractivity contribution >= 4 is 11.9 Å². The molecular formula is C13H15F3N2O3. The predicted octanol–water partition coefficient (Wildman–Crippen LogP) is 1.34. The maximum Gasteiger partial charge on any atom is 0.416 e. The third-order valence-corrected chi connectivity index (χ3v) is 2.61. The third-order valence-electron chi connectivity index (χ3n) is 2.61. The Hall–Kier alpha value is -2.09. The van der Waals surface area contributed by atoms with Gasteiger partial charge >= 0.3 is 12.1 Å². The van der Waals surface area contributed by atoms with Gasteiger partial charge in [0.25, 0.3) is 0 Å². The van der Waals surface area contributed by atoms with Crippen LogP contribution in [0.15, 0.2) is 24.3 Å². The molecule has 1 amide bonds. The lowest BCUT2D eigenvalue weighted by Crippen LogP contribution is -2.37. The van der Waals surface area contributed by atoms with E-state index in [2.05, 4.69) is 5.32 Å². The molecule has 1 aromatic carbocycles. The molecule has 0 aromatic heterocycles. The first-order valence-corrected chi connectivity index (χ1v) is 6.02. The zero-order valence-corrected chi connectivity index (χ0v) is 11.3. The highest BCUT2D eigenvalue weighted by molar-refractivity contribution is 5.82. The first kappa shape index (κ1) is 17.0. The molecule has 0 fully saturated rings. The van der Waals surface area contributed by atoms with E-state index in [4.69, 9.17) is 5.11 Å². The van der Waals surface area contributed by atoms with Gasteiger partial charge in [0.2, 0.25) is 5.91 Å². The van der Waals surface area contributed by atoms with E-state index in [9.17, 15) is 22.8 Å². The van der Waals surface area contributed by atoms with Gasteiger partial charge in [-0.1, -0.05) is 18.2 Å². The number of nitrogens with one attached hydrogen (secondary N) is 1. The van der Waals surface area contributed by atoms with Crippen molar-refractivity contribution in [2.45, 2.75) is 12.7 Å². The number of hydrogen-bond acceptors (Lipinski definition) is 3. The Bertz CT molecular complexity index is 518. The number of carboxylic acids is 1. The van der Waals surface area contributed by atoms with E-state index in [-0.39, 0.29) is 18.7 Å². The fourth-order valence-electron chi connectivity index (χ4n) is 1.76. The number of hydrogen-bond donors (Lipinski definition) is 2. The molecule has 1 rings (SSSR count). The number of carbonyl (C=O) groups is 2. The number of likely N-dealkylation sites (N-methyl/N-ethyl adjacent to an activating group) is 1. The monoisotopic (exact) mass is 304 g/mol. The normalized spacial score (nSPS) is 11.5. The van der Waals surface area contributed by atoms with Crippen molar-refractivity contribution < 1.29 is 27.9 Å². The molecule has 0 spiro atoms. The van der Waals surface area contributed by atoms with Crippen molar-refractivity contribution in [3.63, 3.8) is 0 Å². The number of rotatable bonds is 6. The van der Waals surface area contributed by atoms with Gasteiger partial charge in [-0.05, 0) is 18.7 Å². The van der Waals surface area contributed by atoms with Crippen LogP contribution in [0.25, 0.3) is 0 Å². The van der Waals surface area contributed by atoms with E-state index in [1.807, 2.05) is 0 Å². The maximum atomic E-state index is 12.8. The highest BCUT2D eigenvalue weighted by atomic mass is 19.4. The molecule has 2 N–H and O–H groups in total. The molecular weight excluding hydrogens is 289 g/mol. The Balaban J connectivity index is 2.65. The lowest BCUT2D eigenvalue weighted by molar-refractivity contribution is -0.139. The average Bonchev–Trinajstić information content (AvgIpc) is 2.35. The van der Waals surface area contributed by atoms with Gasteiger partial charge in [-0.15, -0.1) is 0 Å². The summed E-state index contributed by atoms with van der Waals surface area (Å²) in [4.78, 5) is 23.1. The number of amides is 1. The summed E-state index contributed by atoms with van der Waals surface area (Å²) in [6, 6.07) is 5.11. The molecule has 0 aliphatic carbocycles. The van der Waals surface area contributed by atoms with E-state index in [0.29, 0.717) is 0 Å². The Morgan fingerprint density at radius 3 is 2.48 bits per heavy atom. The van der Waals surface area contributed by atoms with E-state index in [1.165, 1.54) is 30.1 Å².